The second kappa shape index (κ2) is 8.34. The lowest BCUT2D eigenvalue weighted by molar-refractivity contribution is -0.138. The van der Waals surface area contributed by atoms with Crippen LogP contribution >= 0.6 is 11.3 Å². The largest absolute Gasteiger partial charge is 0.445 e. The molecule has 12 heteroatoms. The van der Waals surface area contributed by atoms with Crippen LogP contribution in [-0.4, -0.2) is 39.2 Å². The number of aromatic nitrogens is 3. The van der Waals surface area contributed by atoms with E-state index in [2.05, 4.69) is 20.5 Å². The van der Waals surface area contributed by atoms with Gasteiger partial charge in [0.05, 0.1) is 11.4 Å². The smallest absolute Gasteiger partial charge is 0.396 e. The van der Waals surface area contributed by atoms with Gasteiger partial charge in [0, 0.05) is 31.0 Å². The summed E-state index contributed by atoms with van der Waals surface area (Å²) in [4.78, 5) is 18.4. The molecule has 7 nitrogen and oxygen atoms in total. The van der Waals surface area contributed by atoms with Gasteiger partial charge in [0.25, 0.3) is 0 Å². The van der Waals surface area contributed by atoms with Crippen molar-refractivity contribution in [2.45, 2.75) is 19.5 Å². The van der Waals surface area contributed by atoms with Crippen LogP contribution in [0, 0.1) is 18.7 Å². The van der Waals surface area contributed by atoms with Crippen LogP contribution in [0.25, 0.3) is 11.3 Å². The first kappa shape index (κ1) is 21.9. The monoisotopic (exact) mass is 466 g/mol. The van der Waals surface area contributed by atoms with E-state index in [1.165, 1.54) is 17.0 Å². The fourth-order valence-electron chi connectivity index (χ4n) is 3.38. The number of hydrogen-bond donors (Lipinski definition) is 2. The Balaban J connectivity index is 1.37. The van der Waals surface area contributed by atoms with Gasteiger partial charge < -0.3 is 10.6 Å². The van der Waals surface area contributed by atoms with E-state index in [4.69, 9.17) is 5.73 Å². The number of alkyl halides is 3. The highest BCUT2D eigenvalue weighted by atomic mass is 32.1. The Morgan fingerprint density at radius 2 is 2.00 bits per heavy atom. The first-order chi connectivity index (χ1) is 15.1. The molecule has 2 aromatic heterocycles. The number of carbonyl (C=O) groups excluding carboxylic acids is 1. The summed E-state index contributed by atoms with van der Waals surface area (Å²) in [6, 6.07) is 7.19. The van der Waals surface area contributed by atoms with Crippen LogP contribution < -0.4 is 11.1 Å². The molecule has 1 fully saturated rings. The van der Waals surface area contributed by atoms with E-state index in [0.29, 0.717) is 47.7 Å². The normalized spacial score (nSPS) is 14.3. The molecule has 0 atom stereocenters. The van der Waals surface area contributed by atoms with Crippen molar-refractivity contribution in [3.05, 3.63) is 51.7 Å². The molecular weight excluding hydrogens is 448 g/mol. The zero-order valence-corrected chi connectivity index (χ0v) is 17.6. The molecule has 0 bridgehead atoms. The van der Waals surface area contributed by atoms with Crippen LogP contribution in [0.1, 0.15) is 15.6 Å². The molecule has 1 aliphatic rings. The van der Waals surface area contributed by atoms with Crippen molar-refractivity contribution in [2.24, 2.45) is 5.92 Å². The van der Waals surface area contributed by atoms with Crippen LogP contribution in [0.5, 0.6) is 0 Å². The summed E-state index contributed by atoms with van der Waals surface area (Å²) >= 11 is 0.517. The molecule has 32 heavy (non-hydrogen) atoms. The molecular formula is C20H18F4N6OS. The highest BCUT2D eigenvalue weighted by molar-refractivity contribution is 7.11. The van der Waals surface area contributed by atoms with Crippen molar-refractivity contribution in [3.63, 3.8) is 0 Å². The molecule has 168 valence electrons. The van der Waals surface area contributed by atoms with E-state index in [9.17, 15) is 22.4 Å². The summed E-state index contributed by atoms with van der Waals surface area (Å²) in [5.41, 5.74) is 8.15. The van der Waals surface area contributed by atoms with E-state index in [1.54, 1.807) is 25.1 Å². The molecule has 3 aromatic rings. The fourth-order valence-corrected chi connectivity index (χ4v) is 4.20. The number of nitrogens with zero attached hydrogens (tertiary/aromatic N) is 4. The lowest BCUT2D eigenvalue weighted by Gasteiger charge is -2.38. The van der Waals surface area contributed by atoms with E-state index in [0.717, 1.165) is 0 Å². The van der Waals surface area contributed by atoms with Crippen LogP contribution in [0.3, 0.4) is 0 Å². The van der Waals surface area contributed by atoms with Gasteiger partial charge in [-0.05, 0) is 42.8 Å². The Morgan fingerprint density at radius 1 is 1.25 bits per heavy atom. The minimum atomic E-state index is -4.50. The Labute approximate surface area is 184 Å². The van der Waals surface area contributed by atoms with Gasteiger partial charge >= 0.3 is 12.2 Å². The maximum Gasteiger partial charge on any atom is 0.445 e. The number of halogens is 4. The predicted octanol–water partition coefficient (Wildman–Crippen LogP) is 4.36. The highest BCUT2D eigenvalue weighted by Crippen LogP contribution is 2.33. The minimum Gasteiger partial charge on any atom is -0.396 e. The number of nitrogens with one attached hydrogen (secondary N) is 1. The number of anilines is 2. The van der Waals surface area contributed by atoms with Gasteiger partial charge in [-0.3, -0.25) is 5.32 Å². The third kappa shape index (κ3) is 4.64. The number of rotatable bonds is 4. The molecule has 3 N–H and O–H groups in total. The highest BCUT2D eigenvalue weighted by Gasteiger charge is 2.37. The molecule has 3 heterocycles. The summed E-state index contributed by atoms with van der Waals surface area (Å²) in [6.07, 6.45) is -4.19. The van der Waals surface area contributed by atoms with Crippen molar-refractivity contribution < 1.29 is 22.4 Å². The molecule has 0 aliphatic carbocycles. The number of aryl methyl sites for hydroxylation is 1. The average molecular weight is 466 g/mol. The summed E-state index contributed by atoms with van der Waals surface area (Å²) < 4.78 is 51.3. The predicted molar refractivity (Wildman–Crippen MR) is 111 cm³/mol. The number of hydrogen-bond acceptors (Lipinski definition) is 6. The summed E-state index contributed by atoms with van der Waals surface area (Å²) in [7, 11) is 0. The Kier molecular flexibility index (Phi) is 5.71. The fraction of sp³-hybridized carbons (Fsp3) is 0.300. The van der Waals surface area contributed by atoms with Crippen LogP contribution in [0.15, 0.2) is 30.3 Å². The summed E-state index contributed by atoms with van der Waals surface area (Å²) in [6.45, 7) is 2.48. The first-order valence-corrected chi connectivity index (χ1v) is 10.4. The van der Waals surface area contributed by atoms with Crippen molar-refractivity contribution in [1.29, 1.82) is 0 Å². The third-order valence-electron chi connectivity index (χ3n) is 5.03. The van der Waals surface area contributed by atoms with Gasteiger partial charge in [-0.25, -0.2) is 14.2 Å². The second-order valence-electron chi connectivity index (χ2n) is 7.50. The minimum absolute atomic E-state index is 0.00621. The van der Waals surface area contributed by atoms with Crippen molar-refractivity contribution >= 4 is 28.9 Å². The van der Waals surface area contributed by atoms with Crippen molar-refractivity contribution in [2.75, 3.05) is 24.1 Å². The average Bonchev–Trinajstić information content (AvgIpc) is 3.15. The Bertz CT molecular complexity index is 1160. The standard InChI is InChI=1S/C20H18F4N6OS/c1-10-6-12(21)2-3-13(10)15-5-4-14(25)17(26-15)27-19(31)30-8-11(9-30)7-16-28-29-18(32-16)20(22,23)24/h2-6,11H,7-9,25H2,1H3,(H,26,27,31). The molecule has 1 saturated heterocycles. The Morgan fingerprint density at radius 3 is 2.66 bits per heavy atom. The molecule has 0 radical (unpaired) electrons. The summed E-state index contributed by atoms with van der Waals surface area (Å²) in [5, 5.41) is 8.73. The number of benzene rings is 1. The number of urea groups is 1. The zero-order chi connectivity index (χ0) is 23.0. The number of amides is 2. The van der Waals surface area contributed by atoms with Gasteiger partial charge in [-0.1, -0.05) is 11.3 Å². The number of carbonyl (C=O) groups is 1. The molecule has 0 saturated carbocycles. The van der Waals surface area contributed by atoms with Gasteiger partial charge in [0.2, 0.25) is 5.01 Å². The van der Waals surface area contributed by atoms with E-state index < -0.39 is 17.2 Å². The quantitative estimate of drug-likeness (QED) is 0.557. The molecule has 4 rings (SSSR count). The third-order valence-corrected chi connectivity index (χ3v) is 6.02. The topological polar surface area (TPSA) is 97.0 Å². The second-order valence-corrected chi connectivity index (χ2v) is 8.56. The lowest BCUT2D eigenvalue weighted by Crippen LogP contribution is -2.52. The van der Waals surface area contributed by atoms with Gasteiger partial charge in [0.1, 0.15) is 10.8 Å². The van der Waals surface area contributed by atoms with Gasteiger partial charge in [0.15, 0.2) is 5.82 Å². The molecule has 1 aromatic carbocycles. The maximum absolute atomic E-state index is 13.4. The maximum atomic E-state index is 13.4. The van der Waals surface area contributed by atoms with E-state index in [1.807, 2.05) is 0 Å². The number of nitrogen functional groups attached to an aromatic ring is 1. The van der Waals surface area contributed by atoms with Crippen molar-refractivity contribution in [1.82, 2.24) is 20.1 Å². The number of pyridine rings is 1. The van der Waals surface area contributed by atoms with Crippen LogP contribution in [0.2, 0.25) is 0 Å². The molecule has 2 amide bonds. The van der Waals surface area contributed by atoms with Gasteiger partial charge in [-0.15, -0.1) is 10.2 Å². The molecule has 0 unspecified atom stereocenters. The molecule has 1 aliphatic heterocycles. The Hall–Kier alpha value is -3.28. The summed E-state index contributed by atoms with van der Waals surface area (Å²) in [5.74, 6) is -0.183. The van der Waals surface area contributed by atoms with Crippen LogP contribution in [0.4, 0.5) is 33.9 Å². The van der Waals surface area contributed by atoms with Crippen molar-refractivity contribution in [3.8, 4) is 11.3 Å². The van der Waals surface area contributed by atoms with E-state index >= 15 is 0 Å². The molecule has 0 spiro atoms. The van der Waals surface area contributed by atoms with Crippen LogP contribution in [-0.2, 0) is 12.6 Å². The number of nitrogens with two attached hydrogens (primary N) is 1. The van der Waals surface area contributed by atoms with E-state index in [-0.39, 0.29) is 28.2 Å². The lowest BCUT2D eigenvalue weighted by atomic mass is 9.97. The number of likely N-dealkylation sites (tertiary alicyclic amines) is 1. The SMILES string of the molecule is Cc1cc(F)ccc1-c1ccc(N)c(NC(=O)N2CC(Cc3nnc(C(F)(F)F)s3)C2)n1. The van der Waals surface area contributed by atoms with Gasteiger partial charge in [-0.2, -0.15) is 13.2 Å². The zero-order valence-electron chi connectivity index (χ0n) is 16.8. The first-order valence-electron chi connectivity index (χ1n) is 9.58.